The molecule has 22 heavy (non-hydrogen) atoms. The number of nitrogens with one attached hydrogen (secondary N) is 1. The Morgan fingerprint density at radius 2 is 1.41 bits per heavy atom. The summed E-state index contributed by atoms with van der Waals surface area (Å²) in [5.41, 5.74) is 0. The van der Waals surface area contributed by atoms with Crippen LogP contribution in [0.5, 0.6) is 0 Å². The molecule has 0 aromatic carbocycles. The molecular formula is C17H36Cl2NSiTi-8. The van der Waals surface area contributed by atoms with E-state index in [0.29, 0.717) is 0 Å². The van der Waals surface area contributed by atoms with Gasteiger partial charge in [-0.05, 0) is 0 Å². The van der Waals surface area contributed by atoms with Crippen LogP contribution in [0.1, 0.15) is 6.42 Å². The van der Waals surface area contributed by atoms with Crippen LogP contribution in [0.15, 0.2) is 36.6 Å². The number of aromatic amines is 1. The zero-order valence-corrected chi connectivity index (χ0v) is 19.9. The standard InChI is InChI=1S/C5H5.C4H4N.C2H7Si.6CH3.2ClH.Ti/c2*1-2-4-5-3-1;1-3-2;;;;;;;;;/h1-3H,4H2;1-3,5H;3H,1-2H3;6*1H3;2*1H;/q2*-1;;6*-1;;;. The van der Waals surface area contributed by atoms with E-state index in [1.165, 1.54) is 0 Å². The maximum absolute atomic E-state index is 2.99. The Labute approximate surface area is 173 Å². The summed E-state index contributed by atoms with van der Waals surface area (Å²) < 4.78 is 0. The van der Waals surface area contributed by atoms with E-state index < -0.39 is 0 Å². The van der Waals surface area contributed by atoms with Gasteiger partial charge in [-0.2, -0.15) is 24.4 Å². The van der Waals surface area contributed by atoms with Gasteiger partial charge in [-0.25, -0.2) is 12.2 Å². The fraction of sp³-hybridized carbons (Fsp3) is 0.176. The minimum Gasteiger partial charge on any atom is -0.484 e. The largest absolute Gasteiger partial charge is 0.484 e. The summed E-state index contributed by atoms with van der Waals surface area (Å²) in [6, 6.07) is 3.71. The molecule has 1 aliphatic rings. The van der Waals surface area contributed by atoms with Crippen LogP contribution in [0.2, 0.25) is 13.1 Å². The number of allylic oxidation sites excluding steroid dienone is 4. The second-order valence-electron chi connectivity index (χ2n) is 2.39. The molecule has 1 radical (unpaired) electrons. The number of rotatable bonds is 0. The molecule has 0 saturated heterocycles. The zero-order chi connectivity index (χ0) is 9.78. The van der Waals surface area contributed by atoms with Crippen LogP contribution >= 0.6 is 24.8 Å². The molecule has 1 heterocycles. The number of hydrogen-bond donors (Lipinski definition) is 1. The first-order valence-electron chi connectivity index (χ1n) is 4.37. The van der Waals surface area contributed by atoms with E-state index in [1.54, 1.807) is 0 Å². The predicted molar refractivity (Wildman–Crippen MR) is 113 cm³/mol. The van der Waals surface area contributed by atoms with Gasteiger partial charge in [-0.15, -0.1) is 37.4 Å². The second-order valence-corrected chi connectivity index (χ2v) is 3.55. The number of aromatic nitrogens is 1. The Kier molecular flexibility index (Phi) is 209. The van der Waals surface area contributed by atoms with Crippen LogP contribution in [0.4, 0.5) is 0 Å². The summed E-state index contributed by atoms with van der Waals surface area (Å²) in [4.78, 5) is 2.74. The predicted octanol–water partition coefficient (Wildman–Crippen LogP) is 6.18. The number of H-pyrrole nitrogens is 1. The molecule has 0 saturated carbocycles. The quantitative estimate of drug-likeness (QED) is 0.395. The molecule has 1 N–H and O–H groups in total. The third-order valence-electron chi connectivity index (χ3n) is 1.03. The zero-order valence-electron chi connectivity index (χ0n) is 15.6. The molecule has 0 bridgehead atoms. The minimum atomic E-state index is 0. The minimum absolute atomic E-state index is 0. The van der Waals surface area contributed by atoms with Crippen molar-refractivity contribution in [3.05, 3.63) is 93.4 Å². The molecule has 0 aliphatic heterocycles. The van der Waals surface area contributed by atoms with Gasteiger partial charge in [0.1, 0.15) is 0 Å². The van der Waals surface area contributed by atoms with Gasteiger partial charge in [0.05, 0.1) is 0 Å². The average Bonchev–Trinajstić information content (AvgIpc) is 2.85. The van der Waals surface area contributed by atoms with Crippen molar-refractivity contribution in [1.29, 1.82) is 0 Å². The van der Waals surface area contributed by atoms with Crippen LogP contribution in [-0.2, 0) is 21.7 Å². The van der Waals surface area contributed by atoms with Crippen molar-refractivity contribution in [3.8, 4) is 0 Å². The molecular weight excluding hydrogens is 365 g/mol. The Morgan fingerprint density at radius 3 is 1.50 bits per heavy atom. The summed E-state index contributed by atoms with van der Waals surface area (Å²) in [7, 11) is 0.750. The van der Waals surface area contributed by atoms with Gasteiger partial charge in [-0.1, -0.05) is 13.1 Å². The smallest absolute Gasteiger partial charge is 0.0213 e. The van der Waals surface area contributed by atoms with Gasteiger partial charge in [0.25, 0.3) is 0 Å². The molecule has 139 valence electrons. The molecule has 5 heteroatoms. The van der Waals surface area contributed by atoms with Crippen LogP contribution in [0.25, 0.3) is 0 Å². The van der Waals surface area contributed by atoms with Gasteiger partial charge >= 0.3 is 0 Å². The summed E-state index contributed by atoms with van der Waals surface area (Å²) in [6.07, 6.45) is 14.6. The maximum atomic E-state index is 2.99. The maximum Gasteiger partial charge on any atom is 0.0213 e. The molecule has 0 spiro atoms. The van der Waals surface area contributed by atoms with Crippen molar-refractivity contribution in [3.63, 3.8) is 0 Å². The Morgan fingerprint density at radius 1 is 0.955 bits per heavy atom. The molecule has 0 amide bonds. The summed E-state index contributed by atoms with van der Waals surface area (Å²) >= 11 is 0. The van der Waals surface area contributed by atoms with Crippen molar-refractivity contribution >= 4 is 34.3 Å². The van der Waals surface area contributed by atoms with Crippen molar-refractivity contribution < 1.29 is 21.7 Å². The topological polar surface area (TPSA) is 15.8 Å². The van der Waals surface area contributed by atoms with E-state index in [2.05, 4.69) is 36.4 Å². The van der Waals surface area contributed by atoms with Gasteiger partial charge in [-0.3, -0.25) is 6.08 Å². The van der Waals surface area contributed by atoms with E-state index in [-0.39, 0.29) is 91.1 Å². The summed E-state index contributed by atoms with van der Waals surface area (Å²) in [6.45, 7) is 4.42. The molecule has 1 aromatic heterocycles. The third-order valence-corrected chi connectivity index (χ3v) is 1.03. The number of hydrogen-bond acceptors (Lipinski definition) is 0. The molecule has 0 unspecified atom stereocenters. The first-order chi connectivity index (χ1) is 6.41. The van der Waals surface area contributed by atoms with Crippen molar-refractivity contribution in [2.24, 2.45) is 0 Å². The van der Waals surface area contributed by atoms with Crippen molar-refractivity contribution in [2.45, 2.75) is 19.5 Å². The molecule has 0 fully saturated rings. The third kappa shape index (κ3) is 71.4. The van der Waals surface area contributed by atoms with E-state index in [1.807, 2.05) is 30.5 Å². The fourth-order valence-corrected chi connectivity index (χ4v) is 0.581. The molecule has 2 rings (SSSR count). The Hall–Kier alpha value is 0.271. The van der Waals surface area contributed by atoms with Crippen LogP contribution in [0, 0.1) is 56.8 Å². The number of halogens is 2. The Bertz CT molecular complexity index is 201. The van der Waals surface area contributed by atoms with E-state index in [9.17, 15) is 0 Å². The average molecular weight is 401 g/mol. The first-order valence-corrected chi connectivity index (χ1v) is 6.68. The second kappa shape index (κ2) is 68.8. The van der Waals surface area contributed by atoms with Crippen molar-refractivity contribution in [2.75, 3.05) is 0 Å². The van der Waals surface area contributed by atoms with Crippen molar-refractivity contribution in [1.82, 2.24) is 4.98 Å². The SMILES string of the molecule is C[SiH]C.Cl.Cl.[C-]1=CC=CC1.[CH3-].[CH3-].[CH3-].[CH3-].[CH3-].[CH3-].[Ti].[c-]1ccc[nH]1. The van der Waals surface area contributed by atoms with Crippen LogP contribution in [0.3, 0.4) is 0 Å². The van der Waals surface area contributed by atoms with Gasteiger partial charge in [0.2, 0.25) is 0 Å². The van der Waals surface area contributed by atoms with Crippen LogP contribution in [-0.4, -0.2) is 14.5 Å². The van der Waals surface area contributed by atoms with E-state index in [0.717, 1.165) is 15.9 Å². The van der Waals surface area contributed by atoms with E-state index in [4.69, 9.17) is 0 Å². The van der Waals surface area contributed by atoms with Gasteiger partial charge in [0, 0.05) is 31.2 Å². The molecule has 1 aromatic rings. The molecule has 1 aliphatic carbocycles. The molecule has 1 nitrogen and oxygen atoms in total. The summed E-state index contributed by atoms with van der Waals surface area (Å²) in [5.74, 6) is 0. The van der Waals surface area contributed by atoms with Gasteiger partial charge in [0.15, 0.2) is 0 Å². The van der Waals surface area contributed by atoms with Gasteiger partial charge < -0.3 is 49.5 Å². The normalized spacial score (nSPS) is 6.64. The Balaban J connectivity index is -0.0000000104. The van der Waals surface area contributed by atoms with Crippen LogP contribution < -0.4 is 0 Å². The summed E-state index contributed by atoms with van der Waals surface area (Å²) in [5, 5.41) is 0. The molecule has 0 atom stereocenters. The monoisotopic (exact) mass is 400 g/mol. The van der Waals surface area contributed by atoms with E-state index >= 15 is 0 Å². The first kappa shape index (κ1) is 66.9. The fourth-order valence-electron chi connectivity index (χ4n) is 0.581.